The minimum absolute atomic E-state index is 0.239. The molecule has 0 amide bonds. The summed E-state index contributed by atoms with van der Waals surface area (Å²) in [5.74, 6) is 1.40. The molecule has 4 nitrogen and oxygen atoms in total. The van der Waals surface area contributed by atoms with Gasteiger partial charge in [0, 0.05) is 24.8 Å². The normalized spacial score (nSPS) is 22.8. The first-order valence-corrected chi connectivity index (χ1v) is 8.03. The van der Waals surface area contributed by atoms with Crippen molar-refractivity contribution in [2.45, 2.75) is 51.6 Å². The van der Waals surface area contributed by atoms with Crippen molar-refractivity contribution in [2.24, 2.45) is 5.92 Å². The molecule has 2 atom stereocenters. The van der Waals surface area contributed by atoms with Crippen molar-refractivity contribution in [3.05, 3.63) is 23.8 Å². The van der Waals surface area contributed by atoms with E-state index >= 15 is 0 Å². The molecule has 1 saturated carbocycles. The summed E-state index contributed by atoms with van der Waals surface area (Å²) >= 11 is 0. The van der Waals surface area contributed by atoms with Gasteiger partial charge in [-0.2, -0.15) is 0 Å². The second kappa shape index (κ2) is 8.25. The van der Waals surface area contributed by atoms with E-state index in [1.807, 2.05) is 13.0 Å². The van der Waals surface area contributed by atoms with Crippen LogP contribution in [0.4, 0.5) is 0 Å². The van der Waals surface area contributed by atoms with Crippen LogP contribution in [0.15, 0.2) is 18.2 Å². The molecule has 0 bridgehead atoms. The molecular formula is C17H27NO3. The van der Waals surface area contributed by atoms with Crippen molar-refractivity contribution in [2.75, 3.05) is 13.2 Å². The minimum Gasteiger partial charge on any atom is -0.508 e. The topological polar surface area (TPSA) is 61.7 Å². The van der Waals surface area contributed by atoms with E-state index in [0.29, 0.717) is 30.9 Å². The molecular weight excluding hydrogens is 266 g/mol. The van der Waals surface area contributed by atoms with Crippen molar-refractivity contribution in [3.63, 3.8) is 0 Å². The molecule has 0 heterocycles. The Balaban J connectivity index is 1.98. The Morgan fingerprint density at radius 1 is 1.24 bits per heavy atom. The Morgan fingerprint density at radius 3 is 2.81 bits per heavy atom. The van der Waals surface area contributed by atoms with Gasteiger partial charge < -0.3 is 20.3 Å². The van der Waals surface area contributed by atoms with Gasteiger partial charge in [0.1, 0.15) is 11.5 Å². The summed E-state index contributed by atoms with van der Waals surface area (Å²) in [6, 6.07) is 5.67. The third kappa shape index (κ3) is 4.61. The molecule has 2 rings (SSSR count). The lowest BCUT2D eigenvalue weighted by molar-refractivity contribution is 0.181. The fraction of sp³-hybridized carbons (Fsp3) is 0.647. The van der Waals surface area contributed by atoms with Crippen LogP contribution in [0.1, 0.15) is 44.6 Å². The van der Waals surface area contributed by atoms with Gasteiger partial charge in [0.15, 0.2) is 0 Å². The highest BCUT2D eigenvalue weighted by atomic mass is 16.5. The summed E-state index contributed by atoms with van der Waals surface area (Å²) in [5.41, 5.74) is 0.849. The molecule has 1 fully saturated rings. The van der Waals surface area contributed by atoms with E-state index in [4.69, 9.17) is 4.74 Å². The summed E-state index contributed by atoms with van der Waals surface area (Å²) in [6.45, 7) is 3.41. The molecule has 0 radical (unpaired) electrons. The molecule has 21 heavy (non-hydrogen) atoms. The second-order valence-corrected chi connectivity index (χ2v) is 5.79. The van der Waals surface area contributed by atoms with Crippen LogP contribution in [-0.2, 0) is 6.54 Å². The maximum Gasteiger partial charge on any atom is 0.120 e. The van der Waals surface area contributed by atoms with E-state index in [1.54, 1.807) is 12.1 Å². The number of ether oxygens (including phenoxy) is 1. The first kappa shape index (κ1) is 16.1. The van der Waals surface area contributed by atoms with Crippen LogP contribution in [0, 0.1) is 5.92 Å². The maximum atomic E-state index is 9.97. The molecule has 2 unspecified atom stereocenters. The lowest BCUT2D eigenvalue weighted by Crippen LogP contribution is -2.36. The summed E-state index contributed by atoms with van der Waals surface area (Å²) in [5, 5.41) is 23.0. The van der Waals surface area contributed by atoms with Gasteiger partial charge >= 0.3 is 0 Å². The van der Waals surface area contributed by atoms with E-state index in [1.165, 1.54) is 19.3 Å². The van der Waals surface area contributed by atoms with Crippen LogP contribution in [0.2, 0.25) is 0 Å². The van der Waals surface area contributed by atoms with E-state index in [0.717, 1.165) is 24.2 Å². The highest BCUT2D eigenvalue weighted by molar-refractivity contribution is 5.39. The van der Waals surface area contributed by atoms with Crippen LogP contribution in [-0.4, -0.2) is 29.5 Å². The Labute approximate surface area is 127 Å². The standard InChI is InChI=1S/C17H27NO3/c1-2-21-15-8-9-17(20)14(10-15)11-18-16-7-5-3-4-6-13(16)12-19/h8-10,13,16,18-20H,2-7,11-12H2,1H3. The van der Waals surface area contributed by atoms with Crippen molar-refractivity contribution >= 4 is 0 Å². The third-order valence-electron chi connectivity index (χ3n) is 4.31. The van der Waals surface area contributed by atoms with Crippen molar-refractivity contribution in [1.29, 1.82) is 0 Å². The average molecular weight is 293 g/mol. The van der Waals surface area contributed by atoms with E-state index in [2.05, 4.69) is 5.32 Å². The molecule has 1 aliphatic carbocycles. The Kier molecular flexibility index (Phi) is 6.33. The predicted octanol–water partition coefficient (Wildman–Crippen LogP) is 2.82. The molecule has 4 heteroatoms. The molecule has 0 saturated heterocycles. The Morgan fingerprint density at radius 2 is 2.05 bits per heavy atom. The molecule has 118 valence electrons. The van der Waals surface area contributed by atoms with Gasteiger partial charge in [0.2, 0.25) is 0 Å². The molecule has 1 aliphatic rings. The van der Waals surface area contributed by atoms with E-state index < -0.39 is 0 Å². The SMILES string of the molecule is CCOc1ccc(O)c(CNC2CCCCCC2CO)c1. The van der Waals surface area contributed by atoms with E-state index in [-0.39, 0.29) is 6.61 Å². The van der Waals surface area contributed by atoms with Gasteiger partial charge in [0.05, 0.1) is 6.61 Å². The lowest BCUT2D eigenvalue weighted by Gasteiger charge is -2.25. The molecule has 0 aromatic heterocycles. The number of rotatable bonds is 6. The molecule has 1 aromatic carbocycles. The highest BCUT2D eigenvalue weighted by Gasteiger charge is 2.22. The number of benzene rings is 1. The smallest absolute Gasteiger partial charge is 0.120 e. The zero-order chi connectivity index (χ0) is 15.1. The average Bonchev–Trinajstić information content (AvgIpc) is 2.73. The van der Waals surface area contributed by atoms with Crippen LogP contribution < -0.4 is 10.1 Å². The molecule has 0 aliphatic heterocycles. The highest BCUT2D eigenvalue weighted by Crippen LogP contribution is 2.26. The van der Waals surface area contributed by atoms with Gasteiger partial charge in [0.25, 0.3) is 0 Å². The van der Waals surface area contributed by atoms with Crippen LogP contribution in [0.5, 0.6) is 11.5 Å². The molecule has 0 spiro atoms. The summed E-state index contributed by atoms with van der Waals surface area (Å²) in [6.07, 6.45) is 5.84. The maximum absolute atomic E-state index is 9.97. The number of phenolic OH excluding ortho intramolecular Hbond substituents is 1. The summed E-state index contributed by atoms with van der Waals surface area (Å²) in [7, 11) is 0. The zero-order valence-electron chi connectivity index (χ0n) is 12.8. The van der Waals surface area contributed by atoms with Crippen LogP contribution in [0.25, 0.3) is 0 Å². The number of aromatic hydroxyl groups is 1. The quantitative estimate of drug-likeness (QED) is 0.706. The fourth-order valence-corrected chi connectivity index (χ4v) is 3.07. The number of hydrogen-bond donors (Lipinski definition) is 3. The summed E-state index contributed by atoms with van der Waals surface area (Å²) in [4.78, 5) is 0. The van der Waals surface area contributed by atoms with Crippen molar-refractivity contribution in [1.82, 2.24) is 5.32 Å². The second-order valence-electron chi connectivity index (χ2n) is 5.79. The van der Waals surface area contributed by atoms with Crippen molar-refractivity contribution in [3.8, 4) is 11.5 Å². The Hall–Kier alpha value is -1.26. The first-order valence-electron chi connectivity index (χ1n) is 8.03. The van der Waals surface area contributed by atoms with Gasteiger partial charge in [-0.15, -0.1) is 0 Å². The number of aliphatic hydroxyl groups excluding tert-OH is 1. The lowest BCUT2D eigenvalue weighted by atomic mass is 9.95. The van der Waals surface area contributed by atoms with Crippen LogP contribution >= 0.6 is 0 Å². The van der Waals surface area contributed by atoms with Gasteiger partial charge in [-0.05, 0) is 43.9 Å². The number of nitrogens with one attached hydrogen (secondary N) is 1. The van der Waals surface area contributed by atoms with Gasteiger partial charge in [-0.25, -0.2) is 0 Å². The summed E-state index contributed by atoms with van der Waals surface area (Å²) < 4.78 is 5.48. The predicted molar refractivity (Wildman–Crippen MR) is 83.6 cm³/mol. The third-order valence-corrected chi connectivity index (χ3v) is 4.31. The molecule has 1 aromatic rings. The minimum atomic E-state index is 0.239. The Bertz CT molecular complexity index is 436. The zero-order valence-corrected chi connectivity index (χ0v) is 12.8. The van der Waals surface area contributed by atoms with Gasteiger partial charge in [-0.1, -0.05) is 19.3 Å². The largest absolute Gasteiger partial charge is 0.508 e. The first-order chi connectivity index (χ1) is 10.2. The number of phenols is 1. The monoisotopic (exact) mass is 293 g/mol. The number of hydrogen-bond acceptors (Lipinski definition) is 4. The van der Waals surface area contributed by atoms with Crippen LogP contribution in [0.3, 0.4) is 0 Å². The molecule has 3 N–H and O–H groups in total. The van der Waals surface area contributed by atoms with Crippen molar-refractivity contribution < 1.29 is 14.9 Å². The fourth-order valence-electron chi connectivity index (χ4n) is 3.07. The van der Waals surface area contributed by atoms with Gasteiger partial charge in [-0.3, -0.25) is 0 Å². The van der Waals surface area contributed by atoms with E-state index in [9.17, 15) is 10.2 Å². The number of aliphatic hydroxyl groups is 1.